The van der Waals surface area contributed by atoms with E-state index < -0.39 is 0 Å². The number of nitrogens with one attached hydrogen (secondary N) is 1. The highest BCUT2D eigenvalue weighted by Gasteiger charge is 2.24. The zero-order chi connectivity index (χ0) is 19.6. The van der Waals surface area contributed by atoms with Gasteiger partial charge >= 0.3 is 0 Å². The number of thiazole rings is 1. The molecule has 0 radical (unpaired) electrons. The summed E-state index contributed by atoms with van der Waals surface area (Å²) < 4.78 is 13.1. The fourth-order valence-electron chi connectivity index (χ4n) is 3.97. The molecule has 0 bridgehead atoms. The number of halogens is 3. The molecule has 0 spiro atoms. The lowest BCUT2D eigenvalue weighted by Gasteiger charge is -2.32. The van der Waals surface area contributed by atoms with E-state index in [1.54, 1.807) is 11.3 Å². The summed E-state index contributed by atoms with van der Waals surface area (Å²) in [5.74, 6) is 2.08. The number of para-hydroxylation sites is 2. The topological polar surface area (TPSA) is 46.6 Å². The van der Waals surface area contributed by atoms with Crippen LogP contribution in [0.25, 0.3) is 10.2 Å². The van der Waals surface area contributed by atoms with Gasteiger partial charge in [-0.2, -0.15) is 0 Å². The van der Waals surface area contributed by atoms with E-state index >= 15 is 0 Å². The fraction of sp³-hybridized carbons (Fsp3) is 0.409. The van der Waals surface area contributed by atoms with E-state index in [0.29, 0.717) is 23.3 Å². The molecule has 3 heterocycles. The molecule has 0 aliphatic carbocycles. The molecule has 168 valence electrons. The summed E-state index contributed by atoms with van der Waals surface area (Å²) in [5, 5.41) is 5.33. The Labute approximate surface area is 203 Å². The molecule has 1 aromatic heterocycles. The second-order valence-corrected chi connectivity index (χ2v) is 9.09. The van der Waals surface area contributed by atoms with Crippen LogP contribution in [-0.2, 0) is 0 Å². The second-order valence-electron chi connectivity index (χ2n) is 7.67. The van der Waals surface area contributed by atoms with E-state index in [4.69, 9.17) is 26.1 Å². The van der Waals surface area contributed by atoms with Crippen molar-refractivity contribution in [2.24, 2.45) is 5.92 Å². The standard InChI is InChI=1S/C22H24ClN3O2S.2ClH/c23-17-4-3-6-19-21(17)28-16(14-27-19)13-24-12-15-8-10-26(11-9-15)22-25-18-5-1-2-7-20(18)29-22;;/h1-7,15-16,24H,8-14H2;2*1H. The van der Waals surface area contributed by atoms with Gasteiger partial charge in [-0.1, -0.05) is 41.1 Å². The summed E-state index contributed by atoms with van der Waals surface area (Å²) in [6.07, 6.45) is 2.35. The number of aromatic nitrogens is 1. The zero-order valence-corrected chi connectivity index (χ0v) is 20.2. The third-order valence-electron chi connectivity index (χ3n) is 5.61. The minimum Gasteiger partial charge on any atom is -0.486 e. The van der Waals surface area contributed by atoms with Crippen LogP contribution < -0.4 is 19.7 Å². The SMILES string of the molecule is Cl.Cl.Clc1cccc2c1OC(CNCC1CCN(c3nc4ccccc4s3)CC1)CO2. The summed E-state index contributed by atoms with van der Waals surface area (Å²) in [6, 6.07) is 14.0. The van der Waals surface area contributed by atoms with Crippen molar-refractivity contribution in [1.82, 2.24) is 10.3 Å². The first-order valence-electron chi connectivity index (χ1n) is 10.2. The van der Waals surface area contributed by atoms with Crippen LogP contribution in [0.15, 0.2) is 42.5 Å². The Morgan fingerprint density at radius 1 is 1.06 bits per heavy atom. The molecule has 1 atom stereocenters. The molecule has 1 fully saturated rings. The van der Waals surface area contributed by atoms with Crippen LogP contribution in [0, 0.1) is 5.92 Å². The van der Waals surface area contributed by atoms with E-state index in [-0.39, 0.29) is 30.9 Å². The molecule has 5 nitrogen and oxygen atoms in total. The van der Waals surface area contributed by atoms with Crippen LogP contribution in [0.3, 0.4) is 0 Å². The van der Waals surface area contributed by atoms with Crippen LogP contribution in [0.5, 0.6) is 11.5 Å². The molecule has 0 saturated carbocycles. The number of benzene rings is 2. The van der Waals surface area contributed by atoms with Crippen LogP contribution >= 0.6 is 47.8 Å². The van der Waals surface area contributed by atoms with E-state index in [2.05, 4.69) is 34.5 Å². The lowest BCUT2D eigenvalue weighted by Crippen LogP contribution is -2.42. The minimum absolute atomic E-state index is 0. The second kappa shape index (κ2) is 10.9. The van der Waals surface area contributed by atoms with Crippen LogP contribution in [-0.4, -0.2) is 43.9 Å². The van der Waals surface area contributed by atoms with Gasteiger partial charge in [0, 0.05) is 19.6 Å². The smallest absolute Gasteiger partial charge is 0.186 e. The first kappa shape index (κ1) is 24.2. The number of hydrogen-bond acceptors (Lipinski definition) is 6. The highest BCUT2D eigenvalue weighted by molar-refractivity contribution is 7.22. The van der Waals surface area contributed by atoms with Crippen molar-refractivity contribution in [3.8, 4) is 11.5 Å². The molecule has 2 aliphatic rings. The number of ether oxygens (including phenoxy) is 2. The zero-order valence-electron chi connectivity index (χ0n) is 17.0. The molecule has 9 heteroatoms. The Bertz CT molecular complexity index is 962. The Hall–Kier alpha value is -1.44. The molecule has 31 heavy (non-hydrogen) atoms. The molecule has 1 unspecified atom stereocenters. The van der Waals surface area contributed by atoms with Crippen molar-refractivity contribution >= 4 is 63.1 Å². The van der Waals surface area contributed by atoms with E-state index in [9.17, 15) is 0 Å². The molecular weight excluding hydrogens is 477 g/mol. The van der Waals surface area contributed by atoms with Crippen molar-refractivity contribution in [3.63, 3.8) is 0 Å². The maximum absolute atomic E-state index is 6.22. The predicted octanol–water partition coefficient (Wildman–Crippen LogP) is 5.44. The number of hydrogen-bond donors (Lipinski definition) is 1. The quantitative estimate of drug-likeness (QED) is 0.503. The Balaban J connectivity index is 0.00000136. The number of rotatable bonds is 5. The number of piperidine rings is 1. The van der Waals surface area contributed by atoms with Crippen molar-refractivity contribution in [2.75, 3.05) is 37.7 Å². The molecule has 1 saturated heterocycles. The Morgan fingerprint density at radius 2 is 1.87 bits per heavy atom. The molecule has 1 N–H and O–H groups in total. The maximum atomic E-state index is 6.22. The number of nitrogens with zero attached hydrogens (tertiary/aromatic N) is 2. The third-order valence-corrected chi connectivity index (χ3v) is 7.01. The summed E-state index contributed by atoms with van der Waals surface area (Å²) in [6.45, 7) is 4.46. The van der Waals surface area contributed by atoms with Gasteiger partial charge in [0.1, 0.15) is 12.7 Å². The van der Waals surface area contributed by atoms with E-state index in [1.165, 1.54) is 17.5 Å². The van der Waals surface area contributed by atoms with E-state index in [0.717, 1.165) is 42.6 Å². The number of fused-ring (bicyclic) bond motifs is 2. The molecule has 5 rings (SSSR count). The maximum Gasteiger partial charge on any atom is 0.186 e. The van der Waals surface area contributed by atoms with Gasteiger partial charge in [-0.05, 0) is 49.6 Å². The highest BCUT2D eigenvalue weighted by Crippen LogP contribution is 2.38. The predicted molar refractivity (Wildman–Crippen MR) is 133 cm³/mol. The number of anilines is 1. The fourth-order valence-corrected chi connectivity index (χ4v) is 5.20. The van der Waals surface area contributed by atoms with Gasteiger partial charge < -0.3 is 19.7 Å². The van der Waals surface area contributed by atoms with E-state index in [1.807, 2.05) is 18.2 Å². The Kier molecular flexibility index (Phi) is 8.53. The van der Waals surface area contributed by atoms with Crippen molar-refractivity contribution in [3.05, 3.63) is 47.5 Å². The Morgan fingerprint density at radius 3 is 2.68 bits per heavy atom. The van der Waals surface area contributed by atoms with Crippen LogP contribution in [0.1, 0.15) is 12.8 Å². The van der Waals surface area contributed by atoms with Crippen molar-refractivity contribution in [1.29, 1.82) is 0 Å². The van der Waals surface area contributed by atoms with Gasteiger partial charge in [0.25, 0.3) is 0 Å². The average molecular weight is 503 g/mol. The molecular formula is C22H26Cl3N3O2S. The molecule has 0 amide bonds. The van der Waals surface area contributed by atoms with Crippen LogP contribution in [0.4, 0.5) is 5.13 Å². The van der Waals surface area contributed by atoms with Gasteiger partial charge in [0.15, 0.2) is 16.6 Å². The summed E-state index contributed by atoms with van der Waals surface area (Å²) in [7, 11) is 0. The molecule has 2 aromatic carbocycles. The largest absolute Gasteiger partial charge is 0.486 e. The monoisotopic (exact) mass is 501 g/mol. The average Bonchev–Trinajstić information content (AvgIpc) is 3.19. The lowest BCUT2D eigenvalue weighted by molar-refractivity contribution is 0.0895. The third kappa shape index (κ3) is 5.49. The van der Waals surface area contributed by atoms with Crippen LogP contribution in [0.2, 0.25) is 5.02 Å². The van der Waals surface area contributed by atoms with Crippen molar-refractivity contribution in [2.45, 2.75) is 18.9 Å². The first-order chi connectivity index (χ1) is 14.3. The molecule has 3 aromatic rings. The lowest BCUT2D eigenvalue weighted by atomic mass is 9.97. The van der Waals surface area contributed by atoms with Gasteiger partial charge in [-0.3, -0.25) is 0 Å². The van der Waals surface area contributed by atoms with Gasteiger partial charge in [-0.15, -0.1) is 24.8 Å². The van der Waals surface area contributed by atoms with Gasteiger partial charge in [-0.25, -0.2) is 4.98 Å². The summed E-state index contributed by atoms with van der Waals surface area (Å²) in [5.41, 5.74) is 1.10. The summed E-state index contributed by atoms with van der Waals surface area (Å²) in [4.78, 5) is 7.23. The highest BCUT2D eigenvalue weighted by atomic mass is 35.5. The minimum atomic E-state index is -0.00904. The summed E-state index contributed by atoms with van der Waals surface area (Å²) >= 11 is 8.01. The van der Waals surface area contributed by atoms with Crippen molar-refractivity contribution < 1.29 is 9.47 Å². The van der Waals surface area contributed by atoms with Gasteiger partial charge in [0.05, 0.1) is 15.2 Å². The first-order valence-corrected chi connectivity index (χ1v) is 11.3. The normalized spacial score (nSPS) is 18.4. The molecule has 2 aliphatic heterocycles. The van der Waals surface area contributed by atoms with Gasteiger partial charge in [0.2, 0.25) is 0 Å².